The van der Waals surface area contributed by atoms with Gasteiger partial charge in [-0.25, -0.2) is 9.37 Å². The standard InChI is InChI=1S/C20H18BrN5O4/c1-4-5-10-25-16-17(23-19(25)21)24(3)20(30)26(18(16)29)11-15(28)22-14-9-7-6-8-13(14)12(2)27/h6-9,16H,10-11H2,1-3H3/p+1. The Labute approximate surface area is 181 Å². The molecule has 1 saturated heterocycles. The van der Waals surface area contributed by atoms with Gasteiger partial charge in [0.1, 0.15) is 13.1 Å². The van der Waals surface area contributed by atoms with Crippen molar-refractivity contribution in [2.45, 2.75) is 19.9 Å². The quantitative estimate of drug-likeness (QED) is 0.301. The van der Waals surface area contributed by atoms with Crippen molar-refractivity contribution in [3.63, 3.8) is 0 Å². The molecule has 4 amide bonds. The van der Waals surface area contributed by atoms with Crippen LogP contribution in [0, 0.1) is 11.8 Å². The number of hydrogen-bond donors (Lipinski definition) is 1. The van der Waals surface area contributed by atoms with Crippen molar-refractivity contribution in [2.75, 3.05) is 25.5 Å². The first kappa shape index (κ1) is 21.4. The molecule has 10 heteroatoms. The molecular formula is C20H19BrN5O4+. The van der Waals surface area contributed by atoms with E-state index in [-0.39, 0.29) is 18.2 Å². The number of amides is 4. The molecule has 1 aromatic carbocycles. The van der Waals surface area contributed by atoms with Crippen LogP contribution in [0.1, 0.15) is 24.2 Å². The van der Waals surface area contributed by atoms with E-state index in [4.69, 9.17) is 0 Å². The molecule has 2 aliphatic rings. The molecule has 1 unspecified atom stereocenters. The Kier molecular flexibility index (Phi) is 6.12. The Morgan fingerprint density at radius 1 is 1.30 bits per heavy atom. The van der Waals surface area contributed by atoms with Gasteiger partial charge in [-0.1, -0.05) is 18.1 Å². The number of urea groups is 1. The van der Waals surface area contributed by atoms with Crippen molar-refractivity contribution >= 4 is 55.8 Å². The minimum absolute atomic E-state index is 0.212. The second kappa shape index (κ2) is 8.59. The number of benzene rings is 1. The van der Waals surface area contributed by atoms with Crippen LogP contribution in [0.15, 0.2) is 29.3 Å². The highest BCUT2D eigenvalue weighted by Gasteiger charge is 2.53. The lowest BCUT2D eigenvalue weighted by molar-refractivity contribution is -0.520. The Morgan fingerprint density at radius 3 is 2.67 bits per heavy atom. The summed E-state index contributed by atoms with van der Waals surface area (Å²) in [7, 11) is 1.49. The first-order valence-electron chi connectivity index (χ1n) is 9.02. The van der Waals surface area contributed by atoms with Gasteiger partial charge in [0.2, 0.25) is 5.91 Å². The average molecular weight is 473 g/mol. The van der Waals surface area contributed by atoms with Crippen LogP contribution in [-0.4, -0.2) is 74.8 Å². The van der Waals surface area contributed by atoms with Gasteiger partial charge in [0.15, 0.2) is 5.78 Å². The van der Waals surface area contributed by atoms with Gasteiger partial charge >= 0.3 is 10.8 Å². The van der Waals surface area contributed by atoms with E-state index in [1.165, 1.54) is 18.9 Å². The van der Waals surface area contributed by atoms with Gasteiger partial charge in [-0.05, 0) is 31.0 Å². The molecule has 1 atom stereocenters. The zero-order valence-corrected chi connectivity index (χ0v) is 18.2. The number of halogens is 1. The summed E-state index contributed by atoms with van der Waals surface area (Å²) < 4.78 is 2.01. The number of aliphatic imine (C=N–C) groups is 1. The van der Waals surface area contributed by atoms with Gasteiger partial charge in [0.05, 0.1) is 21.6 Å². The molecule has 0 spiro atoms. The number of fused-ring (bicyclic) bond motifs is 1. The van der Waals surface area contributed by atoms with E-state index < -0.39 is 30.4 Å². The van der Waals surface area contributed by atoms with Gasteiger partial charge in [0, 0.05) is 12.6 Å². The normalized spacial score (nSPS) is 18.0. The average Bonchev–Trinajstić information content (AvgIpc) is 3.04. The maximum Gasteiger partial charge on any atom is 0.365 e. The number of para-hydroxylation sites is 1. The smallest absolute Gasteiger partial charge is 0.324 e. The molecule has 1 fully saturated rings. The van der Waals surface area contributed by atoms with Crippen LogP contribution >= 0.6 is 15.9 Å². The van der Waals surface area contributed by atoms with Crippen molar-refractivity contribution < 1.29 is 23.8 Å². The van der Waals surface area contributed by atoms with Crippen molar-refractivity contribution in [2.24, 2.45) is 4.99 Å². The molecule has 9 nitrogen and oxygen atoms in total. The fourth-order valence-corrected chi connectivity index (χ4v) is 3.70. The van der Waals surface area contributed by atoms with Gasteiger partial charge in [-0.15, -0.1) is 5.92 Å². The molecule has 0 bridgehead atoms. The summed E-state index contributed by atoms with van der Waals surface area (Å²) >= 11 is 3.30. The summed E-state index contributed by atoms with van der Waals surface area (Å²) in [6.07, 6.45) is 0. The third-order valence-corrected chi connectivity index (χ3v) is 5.30. The topological polar surface area (TPSA) is 102 Å². The lowest BCUT2D eigenvalue weighted by atomic mass is 10.1. The number of ketones is 1. The molecule has 0 radical (unpaired) electrons. The van der Waals surface area contributed by atoms with E-state index in [2.05, 4.69) is 38.1 Å². The van der Waals surface area contributed by atoms with Gasteiger partial charge in [0.25, 0.3) is 17.8 Å². The van der Waals surface area contributed by atoms with Crippen LogP contribution in [0.25, 0.3) is 0 Å². The predicted octanol–water partition coefficient (Wildman–Crippen LogP) is 1.29. The molecule has 30 heavy (non-hydrogen) atoms. The number of hydrogen-bond acceptors (Lipinski definition) is 5. The van der Waals surface area contributed by atoms with Crippen LogP contribution in [0.5, 0.6) is 0 Å². The zero-order chi connectivity index (χ0) is 22.0. The Hall–Kier alpha value is -3.32. The van der Waals surface area contributed by atoms with Gasteiger partial charge in [-0.2, -0.15) is 0 Å². The molecule has 0 saturated carbocycles. The molecule has 1 aromatic rings. The maximum absolute atomic E-state index is 13.1. The second-order valence-corrected chi connectivity index (χ2v) is 7.32. The summed E-state index contributed by atoms with van der Waals surface area (Å²) in [6.45, 7) is 2.80. The predicted molar refractivity (Wildman–Crippen MR) is 114 cm³/mol. The first-order chi connectivity index (χ1) is 14.3. The van der Waals surface area contributed by atoms with Crippen LogP contribution in [0.2, 0.25) is 0 Å². The van der Waals surface area contributed by atoms with Crippen LogP contribution in [0.3, 0.4) is 0 Å². The molecular weight excluding hydrogens is 454 g/mol. The lowest BCUT2D eigenvalue weighted by Gasteiger charge is -2.32. The number of Topliss-reactive ketones (excluding diaryl/α,β-unsaturated/α-hetero) is 1. The third-order valence-electron chi connectivity index (χ3n) is 4.67. The molecule has 0 aliphatic carbocycles. The highest BCUT2D eigenvalue weighted by molar-refractivity contribution is 9.18. The Balaban J connectivity index is 1.82. The van der Waals surface area contributed by atoms with Gasteiger partial charge < -0.3 is 5.32 Å². The Morgan fingerprint density at radius 2 is 2.00 bits per heavy atom. The number of anilines is 1. The largest absolute Gasteiger partial charge is 0.365 e. The fraction of sp³-hybridized carbons (Fsp3) is 0.300. The SMILES string of the molecule is CC#CC[N+]1=C(Br)N=C2C1C(=O)N(CC(=O)Nc1ccccc1C(C)=O)C(=O)N2C. The number of likely N-dealkylation sites (N-methyl/N-ethyl adjacent to an activating group) is 1. The van der Waals surface area contributed by atoms with E-state index in [9.17, 15) is 19.2 Å². The first-order valence-corrected chi connectivity index (χ1v) is 9.81. The van der Waals surface area contributed by atoms with E-state index in [0.29, 0.717) is 16.0 Å². The summed E-state index contributed by atoms with van der Waals surface area (Å²) in [5, 5.41) is 2.60. The molecule has 3 rings (SSSR count). The van der Waals surface area contributed by atoms with Gasteiger partial charge in [-0.3, -0.25) is 24.2 Å². The lowest BCUT2D eigenvalue weighted by Crippen LogP contribution is -2.63. The van der Waals surface area contributed by atoms with E-state index in [1.54, 1.807) is 35.8 Å². The van der Waals surface area contributed by atoms with Crippen molar-refractivity contribution in [3.8, 4) is 11.8 Å². The molecule has 1 N–H and O–H groups in total. The number of carbonyl (C=O) groups is 4. The summed E-state index contributed by atoms with van der Waals surface area (Å²) in [4.78, 5) is 56.5. The highest BCUT2D eigenvalue weighted by Crippen LogP contribution is 2.22. The fourth-order valence-electron chi connectivity index (χ4n) is 3.19. The molecule has 0 aromatic heterocycles. The summed E-state index contributed by atoms with van der Waals surface area (Å²) in [5.41, 5.74) is 0.659. The minimum atomic E-state index is -0.861. The second-order valence-electron chi connectivity index (χ2n) is 6.61. The van der Waals surface area contributed by atoms with Crippen molar-refractivity contribution in [3.05, 3.63) is 29.8 Å². The molecule has 154 valence electrons. The number of rotatable bonds is 5. The van der Waals surface area contributed by atoms with E-state index >= 15 is 0 Å². The monoisotopic (exact) mass is 472 g/mol. The number of amidine groups is 2. The van der Waals surface area contributed by atoms with Crippen LogP contribution < -0.4 is 5.32 Å². The highest BCUT2D eigenvalue weighted by atomic mass is 79.9. The molecule has 2 aliphatic heterocycles. The summed E-state index contributed by atoms with van der Waals surface area (Å²) in [5.74, 6) is 4.52. The molecule has 2 heterocycles. The maximum atomic E-state index is 13.1. The summed E-state index contributed by atoms with van der Waals surface area (Å²) in [6, 6.07) is 5.01. The van der Waals surface area contributed by atoms with E-state index in [0.717, 1.165) is 4.90 Å². The number of nitrogens with zero attached hydrogens (tertiary/aromatic N) is 4. The Bertz CT molecular complexity index is 1080. The third kappa shape index (κ3) is 3.89. The van der Waals surface area contributed by atoms with Crippen LogP contribution in [-0.2, 0) is 9.59 Å². The van der Waals surface area contributed by atoms with Crippen LogP contribution in [0.4, 0.5) is 10.5 Å². The minimum Gasteiger partial charge on any atom is -0.324 e. The number of carbonyl (C=O) groups excluding carboxylic acids is 4. The zero-order valence-electron chi connectivity index (χ0n) is 16.6. The van der Waals surface area contributed by atoms with E-state index in [1.807, 2.05) is 0 Å². The number of imide groups is 1. The van der Waals surface area contributed by atoms with Crippen molar-refractivity contribution in [1.29, 1.82) is 0 Å². The number of nitrogens with one attached hydrogen (secondary N) is 1. The van der Waals surface area contributed by atoms with Crippen molar-refractivity contribution in [1.82, 2.24) is 9.80 Å².